The molecule has 2 heterocycles. The molecule has 0 amide bonds. The maximum absolute atomic E-state index is 4.79. The Morgan fingerprint density at radius 3 is 2.12 bits per heavy atom. The fourth-order valence-electron chi connectivity index (χ4n) is 4.78. The van der Waals surface area contributed by atoms with Gasteiger partial charge in [0.05, 0.1) is 11.4 Å². The van der Waals surface area contributed by atoms with Crippen LogP contribution in [0.25, 0.3) is 38.8 Å². The summed E-state index contributed by atoms with van der Waals surface area (Å²) in [6.45, 7) is 0. The van der Waals surface area contributed by atoms with Crippen LogP contribution in [-0.4, -0.2) is 9.55 Å². The lowest BCUT2D eigenvalue weighted by molar-refractivity contribution is 0.966. The van der Waals surface area contributed by atoms with Gasteiger partial charge in [-0.15, -0.1) is 0 Å². The molecule has 0 saturated heterocycles. The number of hydrogen-bond donors (Lipinski definition) is 0. The summed E-state index contributed by atoms with van der Waals surface area (Å²) < 4.78 is 2.38. The van der Waals surface area contributed by atoms with Gasteiger partial charge in [0, 0.05) is 41.0 Å². The van der Waals surface area contributed by atoms with Crippen molar-refractivity contribution in [3.63, 3.8) is 0 Å². The van der Waals surface area contributed by atoms with Crippen molar-refractivity contribution in [3.05, 3.63) is 145 Å². The van der Waals surface area contributed by atoms with E-state index in [1.54, 1.807) is 0 Å². The van der Waals surface area contributed by atoms with E-state index in [0.29, 0.717) is 0 Å². The monoisotopic (exact) mass is 436 g/mol. The van der Waals surface area contributed by atoms with E-state index in [1.165, 1.54) is 44.4 Å². The van der Waals surface area contributed by atoms with Crippen LogP contribution in [0.2, 0.25) is 0 Å². The molecule has 4 aromatic carbocycles. The van der Waals surface area contributed by atoms with Crippen LogP contribution >= 0.6 is 0 Å². The first-order chi connectivity index (χ1) is 16.9. The van der Waals surface area contributed by atoms with E-state index < -0.39 is 0 Å². The lowest BCUT2D eigenvalue weighted by atomic mass is 9.97. The molecule has 34 heavy (non-hydrogen) atoms. The smallest absolute Gasteiger partial charge is 0.0726 e. The summed E-state index contributed by atoms with van der Waals surface area (Å²) in [5.41, 5.74) is 8.26. The van der Waals surface area contributed by atoms with Crippen molar-refractivity contribution in [2.45, 2.75) is 6.42 Å². The molecule has 0 aliphatic carbocycles. The Bertz CT molecular complexity index is 1540. The molecule has 0 spiro atoms. The van der Waals surface area contributed by atoms with E-state index in [0.717, 1.165) is 12.1 Å². The van der Waals surface area contributed by atoms with Gasteiger partial charge in [-0.1, -0.05) is 103 Å². The Labute approximate surface area is 199 Å². The summed E-state index contributed by atoms with van der Waals surface area (Å²) in [5, 5.41) is 2.47. The van der Waals surface area contributed by atoms with Gasteiger partial charge in [-0.2, -0.15) is 0 Å². The minimum absolute atomic E-state index is 0.808. The highest BCUT2D eigenvalue weighted by Gasteiger charge is 2.21. The van der Waals surface area contributed by atoms with Gasteiger partial charge < -0.3 is 4.57 Å². The molecule has 6 aromatic rings. The fraction of sp³-hybridized carbons (Fsp3) is 0.0312. The molecule has 0 aliphatic heterocycles. The van der Waals surface area contributed by atoms with Gasteiger partial charge in [0.15, 0.2) is 0 Å². The molecule has 0 saturated carbocycles. The van der Waals surface area contributed by atoms with Crippen molar-refractivity contribution < 1.29 is 0 Å². The van der Waals surface area contributed by atoms with Gasteiger partial charge in [0.25, 0.3) is 0 Å². The summed E-state index contributed by atoms with van der Waals surface area (Å²) in [5.74, 6) is 0. The van der Waals surface area contributed by atoms with E-state index in [-0.39, 0.29) is 0 Å². The summed E-state index contributed by atoms with van der Waals surface area (Å²) in [6, 6.07) is 42.6. The number of hydrogen-bond acceptors (Lipinski definition) is 1. The third-order valence-corrected chi connectivity index (χ3v) is 6.35. The van der Waals surface area contributed by atoms with Crippen molar-refractivity contribution in [3.8, 4) is 28.1 Å². The van der Waals surface area contributed by atoms with Crippen molar-refractivity contribution in [2.75, 3.05) is 0 Å². The molecule has 0 atom stereocenters. The van der Waals surface area contributed by atoms with E-state index in [1.807, 2.05) is 12.3 Å². The average molecular weight is 437 g/mol. The van der Waals surface area contributed by atoms with Crippen molar-refractivity contribution in [2.24, 2.45) is 0 Å². The topological polar surface area (TPSA) is 17.8 Å². The standard InChI is InChI=1S/C32H24N2/c1-3-12-24(13-4-1)22-31-32(29-19-9-10-21-33-29)28(26-14-5-2-6-15-26)23-34(31)30-20-11-17-25-16-7-8-18-27(25)30/h1-21,23H,22H2. The second-order valence-corrected chi connectivity index (χ2v) is 8.48. The largest absolute Gasteiger partial charge is 0.319 e. The molecule has 0 bridgehead atoms. The molecule has 6 rings (SSSR count). The Morgan fingerprint density at radius 2 is 1.32 bits per heavy atom. The van der Waals surface area contributed by atoms with E-state index in [4.69, 9.17) is 4.98 Å². The summed E-state index contributed by atoms with van der Waals surface area (Å²) in [6.07, 6.45) is 4.98. The predicted octanol–water partition coefficient (Wildman–Crippen LogP) is 7.95. The van der Waals surface area contributed by atoms with E-state index in [2.05, 4.69) is 126 Å². The molecule has 2 aromatic heterocycles. The number of aromatic nitrogens is 2. The number of pyridine rings is 1. The third-order valence-electron chi connectivity index (χ3n) is 6.35. The highest BCUT2D eigenvalue weighted by atomic mass is 15.0. The second kappa shape index (κ2) is 8.84. The Kier molecular flexibility index (Phi) is 5.25. The number of fused-ring (bicyclic) bond motifs is 1. The molecular weight excluding hydrogens is 412 g/mol. The van der Waals surface area contributed by atoms with Crippen LogP contribution in [-0.2, 0) is 6.42 Å². The maximum Gasteiger partial charge on any atom is 0.0726 e. The average Bonchev–Trinajstić information content (AvgIpc) is 3.28. The Balaban J connectivity index is 1.69. The highest BCUT2D eigenvalue weighted by molar-refractivity contribution is 5.92. The van der Waals surface area contributed by atoms with E-state index in [9.17, 15) is 0 Å². The molecule has 162 valence electrons. The SMILES string of the molecule is c1ccc(Cc2c(-c3ccccn3)c(-c3ccccc3)cn2-c2cccc3ccccc23)cc1. The van der Waals surface area contributed by atoms with Crippen LogP contribution in [0.15, 0.2) is 134 Å². The van der Waals surface area contributed by atoms with Crippen molar-refractivity contribution in [1.29, 1.82) is 0 Å². The minimum Gasteiger partial charge on any atom is -0.319 e. The zero-order chi connectivity index (χ0) is 22.7. The van der Waals surface area contributed by atoms with Crippen molar-refractivity contribution in [1.82, 2.24) is 9.55 Å². The first-order valence-electron chi connectivity index (χ1n) is 11.6. The molecule has 0 radical (unpaired) electrons. The minimum atomic E-state index is 0.808. The molecule has 0 N–H and O–H groups in total. The summed E-state index contributed by atoms with van der Waals surface area (Å²) in [4.78, 5) is 4.79. The zero-order valence-corrected chi connectivity index (χ0v) is 18.8. The van der Waals surface area contributed by atoms with Crippen LogP contribution < -0.4 is 0 Å². The van der Waals surface area contributed by atoms with Crippen LogP contribution in [0.5, 0.6) is 0 Å². The van der Waals surface area contributed by atoms with Crippen LogP contribution in [0.3, 0.4) is 0 Å². The first kappa shape index (κ1) is 20.2. The maximum atomic E-state index is 4.79. The van der Waals surface area contributed by atoms with Gasteiger partial charge >= 0.3 is 0 Å². The molecule has 0 fully saturated rings. The normalized spacial score (nSPS) is 11.1. The highest BCUT2D eigenvalue weighted by Crippen LogP contribution is 2.39. The molecule has 0 unspecified atom stereocenters. The lowest BCUT2D eigenvalue weighted by Gasteiger charge is -2.14. The summed E-state index contributed by atoms with van der Waals surface area (Å²) in [7, 11) is 0. The third kappa shape index (κ3) is 3.70. The zero-order valence-electron chi connectivity index (χ0n) is 18.8. The van der Waals surface area contributed by atoms with Crippen molar-refractivity contribution >= 4 is 10.8 Å². The first-order valence-corrected chi connectivity index (χ1v) is 11.6. The Morgan fingerprint density at radius 1 is 0.618 bits per heavy atom. The molecular formula is C32H24N2. The van der Waals surface area contributed by atoms with Crippen LogP contribution in [0, 0.1) is 0 Å². The van der Waals surface area contributed by atoms with Gasteiger partial charge in [-0.05, 0) is 34.7 Å². The second-order valence-electron chi connectivity index (χ2n) is 8.48. The predicted molar refractivity (Wildman–Crippen MR) is 141 cm³/mol. The molecule has 0 aliphatic rings. The number of rotatable bonds is 5. The van der Waals surface area contributed by atoms with Gasteiger partial charge in [0.2, 0.25) is 0 Å². The molecule has 2 heteroatoms. The molecule has 2 nitrogen and oxygen atoms in total. The van der Waals surface area contributed by atoms with Crippen LogP contribution in [0.4, 0.5) is 0 Å². The van der Waals surface area contributed by atoms with E-state index >= 15 is 0 Å². The van der Waals surface area contributed by atoms with Gasteiger partial charge in [0.1, 0.15) is 0 Å². The van der Waals surface area contributed by atoms with Gasteiger partial charge in [-0.3, -0.25) is 4.98 Å². The van der Waals surface area contributed by atoms with Gasteiger partial charge in [-0.25, -0.2) is 0 Å². The summed E-state index contributed by atoms with van der Waals surface area (Å²) >= 11 is 0. The number of nitrogens with zero attached hydrogens (tertiary/aromatic N) is 2. The van der Waals surface area contributed by atoms with Crippen LogP contribution in [0.1, 0.15) is 11.3 Å². The Hall–Kier alpha value is -4.43. The lowest BCUT2D eigenvalue weighted by Crippen LogP contribution is -2.02. The fourth-order valence-corrected chi connectivity index (χ4v) is 4.78. The number of benzene rings is 4. The quantitative estimate of drug-likeness (QED) is 0.268.